The largest absolute Gasteiger partial charge is 0.495 e. The molecular formula is C26H37N11O3. The van der Waals surface area contributed by atoms with E-state index in [0.717, 1.165) is 43.7 Å². The number of rotatable bonds is 10. The Kier molecular flexibility index (Phi) is 9.22. The molecule has 4 rings (SSSR count). The Labute approximate surface area is 233 Å². The highest BCUT2D eigenvalue weighted by atomic mass is 16.6. The summed E-state index contributed by atoms with van der Waals surface area (Å²) in [4.78, 5) is 32.5. The van der Waals surface area contributed by atoms with E-state index < -0.39 is 5.60 Å². The minimum atomic E-state index is -0.503. The number of amides is 1. The van der Waals surface area contributed by atoms with Crippen LogP contribution in [0.1, 0.15) is 51.8 Å². The summed E-state index contributed by atoms with van der Waals surface area (Å²) in [5, 5.41) is 11.5. The fraction of sp³-hybridized carbons (Fsp3) is 0.577. The molecule has 1 aliphatic rings. The zero-order chi connectivity index (χ0) is 28.7. The zero-order valence-corrected chi connectivity index (χ0v) is 23.8. The third-order valence-corrected chi connectivity index (χ3v) is 6.30. The number of aromatic nitrogens is 5. The van der Waals surface area contributed by atoms with Gasteiger partial charge in [0.2, 0.25) is 5.95 Å². The number of piperazine rings is 1. The minimum Gasteiger partial charge on any atom is -0.495 e. The number of unbranched alkanes of at least 4 members (excludes halogenated alkanes) is 1. The maximum absolute atomic E-state index is 12.4. The second-order valence-corrected chi connectivity index (χ2v) is 10.6. The number of carbonyl (C=O) groups is 1. The number of ether oxygens (including phenoxy) is 2. The average molecular weight is 552 g/mol. The number of nitrogens with zero attached hydrogens (tertiary/aromatic N) is 10. The van der Waals surface area contributed by atoms with Gasteiger partial charge in [-0.3, -0.25) is 14.6 Å². The third kappa shape index (κ3) is 7.48. The molecule has 1 aliphatic heterocycles. The number of methoxy groups -OCH3 is 1. The van der Waals surface area contributed by atoms with Gasteiger partial charge in [0.05, 0.1) is 19.9 Å². The van der Waals surface area contributed by atoms with Gasteiger partial charge in [0.15, 0.2) is 11.3 Å². The van der Waals surface area contributed by atoms with E-state index in [1.165, 1.54) is 0 Å². The third-order valence-electron chi connectivity index (χ3n) is 6.30. The Morgan fingerprint density at radius 2 is 1.98 bits per heavy atom. The van der Waals surface area contributed by atoms with Crippen molar-refractivity contribution in [2.24, 2.45) is 5.11 Å². The van der Waals surface area contributed by atoms with Gasteiger partial charge in [-0.2, -0.15) is 5.10 Å². The van der Waals surface area contributed by atoms with Gasteiger partial charge in [0, 0.05) is 50.4 Å². The number of azide groups is 1. The highest BCUT2D eigenvalue weighted by molar-refractivity contribution is 5.85. The molecule has 0 saturated carbocycles. The quantitative estimate of drug-likeness (QED) is 0.166. The van der Waals surface area contributed by atoms with Crippen molar-refractivity contribution in [1.82, 2.24) is 34.5 Å². The lowest BCUT2D eigenvalue weighted by atomic mass is 10.2. The van der Waals surface area contributed by atoms with Crippen molar-refractivity contribution in [3.63, 3.8) is 0 Å². The molecule has 14 heteroatoms. The summed E-state index contributed by atoms with van der Waals surface area (Å²) in [6.07, 6.45) is 5.35. The van der Waals surface area contributed by atoms with Gasteiger partial charge >= 0.3 is 6.09 Å². The van der Waals surface area contributed by atoms with Gasteiger partial charge in [0.25, 0.3) is 0 Å². The number of fused-ring (bicyclic) bond motifs is 1. The van der Waals surface area contributed by atoms with Crippen LogP contribution in [0.4, 0.5) is 16.6 Å². The maximum Gasteiger partial charge on any atom is 0.410 e. The first-order valence-electron chi connectivity index (χ1n) is 13.4. The van der Waals surface area contributed by atoms with Crippen LogP contribution in [0, 0.1) is 0 Å². The van der Waals surface area contributed by atoms with Crippen molar-refractivity contribution in [3.8, 4) is 5.75 Å². The number of pyridine rings is 1. The van der Waals surface area contributed by atoms with Crippen LogP contribution in [-0.2, 0) is 17.8 Å². The Morgan fingerprint density at radius 3 is 2.65 bits per heavy atom. The van der Waals surface area contributed by atoms with Gasteiger partial charge in [-0.05, 0) is 49.5 Å². The van der Waals surface area contributed by atoms with Crippen LogP contribution in [0.25, 0.3) is 21.5 Å². The van der Waals surface area contributed by atoms with Crippen molar-refractivity contribution in [2.45, 2.75) is 59.2 Å². The van der Waals surface area contributed by atoms with E-state index in [4.69, 9.17) is 15.0 Å². The van der Waals surface area contributed by atoms with Crippen LogP contribution in [-0.4, -0.2) is 86.1 Å². The molecule has 0 bridgehead atoms. The summed E-state index contributed by atoms with van der Waals surface area (Å²) in [6, 6.07) is 1.99. The normalized spacial score (nSPS) is 14.2. The van der Waals surface area contributed by atoms with Gasteiger partial charge in [-0.1, -0.05) is 13.3 Å². The average Bonchev–Trinajstić information content (AvgIpc) is 3.32. The van der Waals surface area contributed by atoms with E-state index in [1.807, 2.05) is 33.0 Å². The first-order valence-corrected chi connectivity index (χ1v) is 13.4. The summed E-state index contributed by atoms with van der Waals surface area (Å²) in [7, 11) is 1.62. The first kappa shape index (κ1) is 28.8. The molecule has 214 valence electrons. The monoisotopic (exact) mass is 551 g/mol. The van der Waals surface area contributed by atoms with Gasteiger partial charge < -0.3 is 19.7 Å². The van der Waals surface area contributed by atoms with Crippen LogP contribution in [0.3, 0.4) is 0 Å². The number of nitrogens with one attached hydrogen (secondary N) is 1. The second-order valence-electron chi connectivity index (χ2n) is 10.6. The van der Waals surface area contributed by atoms with Gasteiger partial charge in [-0.25, -0.2) is 14.8 Å². The molecule has 0 spiro atoms. The Morgan fingerprint density at radius 1 is 1.20 bits per heavy atom. The van der Waals surface area contributed by atoms with Crippen molar-refractivity contribution < 1.29 is 14.3 Å². The molecule has 0 radical (unpaired) electrons. The fourth-order valence-electron chi connectivity index (χ4n) is 4.34. The predicted octanol–water partition coefficient (Wildman–Crippen LogP) is 4.48. The van der Waals surface area contributed by atoms with E-state index in [0.29, 0.717) is 48.8 Å². The molecule has 0 unspecified atom stereocenters. The van der Waals surface area contributed by atoms with Gasteiger partial charge in [0.1, 0.15) is 22.6 Å². The van der Waals surface area contributed by atoms with Gasteiger partial charge in [-0.15, -0.1) is 0 Å². The van der Waals surface area contributed by atoms with E-state index in [-0.39, 0.29) is 12.0 Å². The number of hydrogen-bond acceptors (Lipinski definition) is 10. The van der Waals surface area contributed by atoms with Crippen LogP contribution < -0.4 is 10.1 Å². The molecule has 0 atom stereocenters. The topological polar surface area (TPSA) is 159 Å². The molecule has 1 saturated heterocycles. The maximum atomic E-state index is 12.4. The smallest absolute Gasteiger partial charge is 0.410 e. The highest BCUT2D eigenvalue weighted by Gasteiger charge is 2.26. The molecule has 1 fully saturated rings. The Bertz CT molecular complexity index is 1370. The lowest BCUT2D eigenvalue weighted by molar-refractivity contribution is 0.0139. The molecule has 1 N–H and O–H groups in total. The highest BCUT2D eigenvalue weighted by Crippen LogP contribution is 2.25. The Balaban J connectivity index is 1.44. The van der Waals surface area contributed by atoms with Crippen molar-refractivity contribution >= 4 is 28.9 Å². The standard InChI is InChI=1S/C26H37N11O3/c1-6-7-8-28-23-22-20(30-24(31-23)32-34-27)17-37(33-22)16-19-21(39-5)13-18(14-29-19)15-35-9-11-36(12-10-35)25(38)40-26(2,3)4/h13-14,17H,6-12,15-16H2,1-5H3,(H,28,30,31). The lowest BCUT2D eigenvalue weighted by Crippen LogP contribution is -2.49. The van der Waals surface area contributed by atoms with Crippen molar-refractivity contribution in [2.75, 3.05) is 45.2 Å². The molecule has 3 aromatic rings. The molecule has 1 amide bonds. The summed E-state index contributed by atoms with van der Waals surface area (Å²) >= 11 is 0. The predicted molar refractivity (Wildman–Crippen MR) is 151 cm³/mol. The molecular weight excluding hydrogens is 514 g/mol. The Hall–Kier alpha value is -4.16. The molecule has 40 heavy (non-hydrogen) atoms. The first-order chi connectivity index (χ1) is 19.2. The van der Waals surface area contributed by atoms with E-state index >= 15 is 0 Å². The summed E-state index contributed by atoms with van der Waals surface area (Å²) in [5.74, 6) is 1.23. The molecule has 0 aromatic carbocycles. The van der Waals surface area contributed by atoms with Crippen molar-refractivity contribution in [3.05, 3.63) is 40.2 Å². The molecule has 4 heterocycles. The van der Waals surface area contributed by atoms with Crippen LogP contribution in [0.2, 0.25) is 0 Å². The zero-order valence-electron chi connectivity index (χ0n) is 23.8. The molecule has 0 aliphatic carbocycles. The summed E-state index contributed by atoms with van der Waals surface area (Å²) in [5.41, 5.74) is 11.2. The van der Waals surface area contributed by atoms with Crippen LogP contribution in [0.15, 0.2) is 23.6 Å². The molecule has 14 nitrogen and oxygen atoms in total. The van der Waals surface area contributed by atoms with E-state index in [1.54, 1.807) is 22.9 Å². The number of carbonyl (C=O) groups excluding carboxylic acids is 1. The molecule has 3 aromatic heterocycles. The minimum absolute atomic E-state index is 0.0422. The SMILES string of the molecule is CCCCNc1nc(N=[N+]=[N-])nc2cn(Cc3ncc(CN4CCN(C(=O)OC(C)(C)C)CC4)cc3OC)nc12. The van der Waals surface area contributed by atoms with Crippen molar-refractivity contribution in [1.29, 1.82) is 0 Å². The second kappa shape index (κ2) is 12.8. The van der Waals surface area contributed by atoms with Crippen LogP contribution in [0.5, 0.6) is 5.75 Å². The van der Waals surface area contributed by atoms with E-state index in [2.05, 4.69) is 47.2 Å². The van der Waals surface area contributed by atoms with E-state index in [9.17, 15) is 4.79 Å². The fourth-order valence-corrected chi connectivity index (χ4v) is 4.34. The number of anilines is 1. The lowest BCUT2D eigenvalue weighted by Gasteiger charge is -2.35. The summed E-state index contributed by atoms with van der Waals surface area (Å²) in [6.45, 7) is 12.2. The summed E-state index contributed by atoms with van der Waals surface area (Å²) < 4.78 is 12.9. The number of hydrogen-bond donors (Lipinski definition) is 1. The van der Waals surface area contributed by atoms with Crippen LogP contribution >= 0.6 is 0 Å².